The molecule has 0 saturated carbocycles. The summed E-state index contributed by atoms with van der Waals surface area (Å²) in [5, 5.41) is 15.3. The van der Waals surface area contributed by atoms with Crippen molar-refractivity contribution in [3.05, 3.63) is 0 Å². The van der Waals surface area contributed by atoms with E-state index in [1.807, 2.05) is 0 Å². The Labute approximate surface area is 78.2 Å². The highest BCUT2D eigenvalue weighted by atomic mass is 16.5. The summed E-state index contributed by atoms with van der Waals surface area (Å²) in [6, 6.07) is 0. The fourth-order valence-electron chi connectivity index (χ4n) is 1.35. The molecule has 1 heterocycles. The molecule has 3 N–H and O–H groups in total. The van der Waals surface area contributed by atoms with Gasteiger partial charge in [0.15, 0.2) is 5.96 Å². The smallest absolute Gasteiger partial charge is 0.191 e. The number of guanidine groups is 1. The first-order valence-corrected chi connectivity index (χ1v) is 4.38. The molecule has 1 saturated heterocycles. The van der Waals surface area contributed by atoms with Crippen molar-refractivity contribution in [1.82, 2.24) is 10.6 Å². The van der Waals surface area contributed by atoms with E-state index in [4.69, 9.17) is 4.74 Å². The van der Waals surface area contributed by atoms with Crippen molar-refractivity contribution in [3.63, 3.8) is 0 Å². The van der Waals surface area contributed by atoms with Crippen molar-refractivity contribution in [2.24, 2.45) is 4.99 Å². The second-order valence-electron chi connectivity index (χ2n) is 3.19. The lowest BCUT2D eigenvalue weighted by Gasteiger charge is -2.27. The minimum absolute atomic E-state index is 0.0632. The molecule has 76 valence electrons. The van der Waals surface area contributed by atoms with E-state index in [2.05, 4.69) is 15.6 Å². The molecule has 5 heteroatoms. The van der Waals surface area contributed by atoms with Gasteiger partial charge in [-0.3, -0.25) is 4.99 Å². The molecular weight excluding hydrogens is 170 g/mol. The van der Waals surface area contributed by atoms with Crippen molar-refractivity contribution in [2.75, 3.05) is 33.9 Å². The SMILES string of the molecule is CN=C(NC)NC1(CO)CCOC1. The molecular formula is C8H17N3O2. The first-order chi connectivity index (χ1) is 6.26. The van der Waals surface area contributed by atoms with Crippen molar-refractivity contribution in [2.45, 2.75) is 12.0 Å². The average molecular weight is 187 g/mol. The van der Waals surface area contributed by atoms with E-state index in [0.29, 0.717) is 19.2 Å². The molecule has 0 bridgehead atoms. The topological polar surface area (TPSA) is 65.9 Å². The number of nitrogens with one attached hydrogen (secondary N) is 2. The molecule has 1 unspecified atom stereocenters. The Morgan fingerprint density at radius 1 is 1.69 bits per heavy atom. The van der Waals surface area contributed by atoms with Gasteiger partial charge in [-0.1, -0.05) is 0 Å². The molecule has 13 heavy (non-hydrogen) atoms. The average Bonchev–Trinajstić information content (AvgIpc) is 2.63. The lowest BCUT2D eigenvalue weighted by Crippen LogP contribution is -2.55. The van der Waals surface area contributed by atoms with E-state index in [1.165, 1.54) is 0 Å². The summed E-state index contributed by atoms with van der Waals surface area (Å²) >= 11 is 0. The van der Waals surface area contributed by atoms with Gasteiger partial charge in [0, 0.05) is 20.7 Å². The Balaban J connectivity index is 2.57. The monoisotopic (exact) mass is 187 g/mol. The molecule has 0 aromatic carbocycles. The summed E-state index contributed by atoms with van der Waals surface area (Å²) in [5.41, 5.74) is -0.349. The largest absolute Gasteiger partial charge is 0.394 e. The molecule has 1 aliphatic rings. The molecule has 1 fully saturated rings. The van der Waals surface area contributed by atoms with E-state index in [-0.39, 0.29) is 12.1 Å². The first-order valence-electron chi connectivity index (χ1n) is 4.38. The summed E-state index contributed by atoms with van der Waals surface area (Å²) < 4.78 is 5.24. The van der Waals surface area contributed by atoms with Crippen molar-refractivity contribution in [3.8, 4) is 0 Å². The number of ether oxygens (including phenoxy) is 1. The molecule has 0 aromatic rings. The van der Waals surface area contributed by atoms with Gasteiger partial charge in [0.05, 0.1) is 18.8 Å². The molecule has 1 atom stereocenters. The Morgan fingerprint density at radius 3 is 2.85 bits per heavy atom. The predicted octanol–water partition coefficient (Wildman–Crippen LogP) is -1.07. The van der Waals surface area contributed by atoms with Crippen LogP contribution in [0.5, 0.6) is 0 Å². The van der Waals surface area contributed by atoms with E-state index < -0.39 is 0 Å². The highest BCUT2D eigenvalue weighted by Crippen LogP contribution is 2.17. The molecule has 0 amide bonds. The van der Waals surface area contributed by atoms with E-state index in [9.17, 15) is 5.11 Å². The quantitative estimate of drug-likeness (QED) is 0.380. The number of hydrogen-bond donors (Lipinski definition) is 3. The van der Waals surface area contributed by atoms with Gasteiger partial charge in [0.2, 0.25) is 0 Å². The van der Waals surface area contributed by atoms with Crippen LogP contribution in [0.15, 0.2) is 4.99 Å². The van der Waals surface area contributed by atoms with Gasteiger partial charge in [-0.15, -0.1) is 0 Å². The Hall–Kier alpha value is -0.810. The number of rotatable bonds is 2. The minimum atomic E-state index is -0.349. The summed E-state index contributed by atoms with van der Waals surface area (Å²) in [7, 11) is 3.48. The summed E-state index contributed by atoms with van der Waals surface area (Å²) in [6.07, 6.45) is 0.810. The highest BCUT2D eigenvalue weighted by molar-refractivity contribution is 5.80. The van der Waals surface area contributed by atoms with Crippen molar-refractivity contribution >= 4 is 5.96 Å². The second-order valence-corrected chi connectivity index (χ2v) is 3.19. The van der Waals surface area contributed by atoms with E-state index in [1.54, 1.807) is 14.1 Å². The normalized spacial score (nSPS) is 29.0. The highest BCUT2D eigenvalue weighted by Gasteiger charge is 2.34. The lowest BCUT2D eigenvalue weighted by molar-refractivity contribution is 0.132. The second kappa shape index (κ2) is 4.43. The van der Waals surface area contributed by atoms with E-state index in [0.717, 1.165) is 6.42 Å². The Bertz CT molecular complexity index is 188. The van der Waals surface area contributed by atoms with Crippen molar-refractivity contribution in [1.29, 1.82) is 0 Å². The van der Waals surface area contributed by atoms with Crippen LogP contribution in [0.4, 0.5) is 0 Å². The molecule has 1 rings (SSSR count). The van der Waals surface area contributed by atoms with Crippen LogP contribution in [0.3, 0.4) is 0 Å². The van der Waals surface area contributed by atoms with Crippen molar-refractivity contribution < 1.29 is 9.84 Å². The van der Waals surface area contributed by atoms with Crippen LogP contribution in [0.25, 0.3) is 0 Å². The maximum Gasteiger partial charge on any atom is 0.191 e. The van der Waals surface area contributed by atoms with Crippen LogP contribution in [-0.2, 0) is 4.74 Å². The number of nitrogens with zero attached hydrogens (tertiary/aromatic N) is 1. The third kappa shape index (κ3) is 2.32. The fraction of sp³-hybridized carbons (Fsp3) is 0.875. The number of aliphatic hydroxyl groups excluding tert-OH is 1. The number of aliphatic hydroxyl groups is 1. The zero-order valence-corrected chi connectivity index (χ0v) is 8.13. The molecule has 5 nitrogen and oxygen atoms in total. The van der Waals surface area contributed by atoms with Gasteiger partial charge >= 0.3 is 0 Å². The molecule has 0 radical (unpaired) electrons. The first kappa shape index (κ1) is 10.3. The standard InChI is InChI=1S/C8H17N3O2/c1-9-7(10-2)11-8(5-12)3-4-13-6-8/h12H,3-6H2,1-2H3,(H2,9,10,11). The maximum atomic E-state index is 9.23. The summed E-state index contributed by atoms with van der Waals surface area (Å²) in [6.45, 7) is 1.28. The van der Waals surface area contributed by atoms with Crippen LogP contribution >= 0.6 is 0 Å². The van der Waals surface area contributed by atoms with Crippen LogP contribution in [0.2, 0.25) is 0 Å². The number of hydrogen-bond acceptors (Lipinski definition) is 3. The van der Waals surface area contributed by atoms with Crippen LogP contribution in [0, 0.1) is 0 Å². The lowest BCUT2D eigenvalue weighted by atomic mass is 10.0. The van der Waals surface area contributed by atoms with Crippen LogP contribution in [0.1, 0.15) is 6.42 Å². The van der Waals surface area contributed by atoms with Gasteiger partial charge in [0.25, 0.3) is 0 Å². The Kier molecular flexibility index (Phi) is 3.50. The minimum Gasteiger partial charge on any atom is -0.394 e. The van der Waals surface area contributed by atoms with Crippen LogP contribution in [-0.4, -0.2) is 50.5 Å². The summed E-state index contributed by atoms with van der Waals surface area (Å²) in [5.74, 6) is 0.680. The van der Waals surface area contributed by atoms with Gasteiger partial charge in [-0.05, 0) is 6.42 Å². The zero-order chi connectivity index (χ0) is 9.73. The third-order valence-electron chi connectivity index (χ3n) is 2.25. The van der Waals surface area contributed by atoms with Gasteiger partial charge in [-0.2, -0.15) is 0 Å². The predicted molar refractivity (Wildman–Crippen MR) is 50.8 cm³/mol. The zero-order valence-electron chi connectivity index (χ0n) is 8.13. The molecule has 0 spiro atoms. The molecule has 0 aliphatic carbocycles. The van der Waals surface area contributed by atoms with Gasteiger partial charge in [0.1, 0.15) is 0 Å². The van der Waals surface area contributed by atoms with Crippen LogP contribution < -0.4 is 10.6 Å². The third-order valence-corrected chi connectivity index (χ3v) is 2.25. The Morgan fingerprint density at radius 2 is 2.46 bits per heavy atom. The number of aliphatic imine (C=N–C) groups is 1. The maximum absolute atomic E-state index is 9.23. The summed E-state index contributed by atoms with van der Waals surface area (Å²) in [4.78, 5) is 3.99. The molecule has 1 aliphatic heterocycles. The van der Waals surface area contributed by atoms with Gasteiger partial charge in [-0.25, -0.2) is 0 Å². The fourth-order valence-corrected chi connectivity index (χ4v) is 1.35. The van der Waals surface area contributed by atoms with E-state index >= 15 is 0 Å². The molecule has 0 aromatic heterocycles. The van der Waals surface area contributed by atoms with Gasteiger partial charge < -0.3 is 20.5 Å².